The van der Waals surface area contributed by atoms with Crippen LogP contribution in [0.1, 0.15) is 31.3 Å². The summed E-state index contributed by atoms with van der Waals surface area (Å²) in [6, 6.07) is 5.72. The van der Waals surface area contributed by atoms with Crippen molar-refractivity contribution in [1.29, 1.82) is 0 Å². The Balaban J connectivity index is 2.66. The first-order chi connectivity index (χ1) is 7.65. The number of nitrogens with zero attached hydrogens (tertiary/aromatic N) is 2. The van der Waals surface area contributed by atoms with Crippen LogP contribution in [0.4, 0.5) is 0 Å². The minimum atomic E-state index is -0.841. The van der Waals surface area contributed by atoms with Gasteiger partial charge in [-0.3, -0.25) is 4.79 Å². The van der Waals surface area contributed by atoms with E-state index in [2.05, 4.69) is 4.98 Å². The molecule has 0 saturated carbocycles. The molecule has 0 bridgehead atoms. The lowest BCUT2D eigenvalue weighted by molar-refractivity contribution is -0.138. The molecule has 2 rings (SSSR count). The van der Waals surface area contributed by atoms with Crippen LogP contribution in [0.3, 0.4) is 0 Å². The molecule has 4 nitrogen and oxygen atoms in total. The van der Waals surface area contributed by atoms with Crippen molar-refractivity contribution < 1.29 is 9.90 Å². The van der Waals surface area contributed by atoms with Crippen molar-refractivity contribution in [2.45, 2.75) is 26.2 Å². The summed E-state index contributed by atoms with van der Waals surface area (Å²) in [5, 5.41) is 9.03. The van der Waals surface area contributed by atoms with Gasteiger partial charge in [0, 0.05) is 12.6 Å². The number of pyridine rings is 1. The van der Waals surface area contributed by atoms with Crippen molar-refractivity contribution in [1.82, 2.24) is 9.38 Å². The van der Waals surface area contributed by atoms with Gasteiger partial charge in [0.15, 0.2) is 0 Å². The van der Waals surface area contributed by atoms with Gasteiger partial charge in [0.25, 0.3) is 0 Å². The third-order valence-corrected chi connectivity index (χ3v) is 2.75. The fraction of sp³-hybridized carbons (Fsp3) is 0.333. The van der Waals surface area contributed by atoms with E-state index in [-0.39, 0.29) is 0 Å². The lowest BCUT2D eigenvalue weighted by Crippen LogP contribution is -2.08. The van der Waals surface area contributed by atoms with E-state index >= 15 is 0 Å². The number of carboxylic acid groups (broad SMARTS) is 1. The molecule has 0 amide bonds. The van der Waals surface area contributed by atoms with Gasteiger partial charge in [-0.2, -0.15) is 0 Å². The topological polar surface area (TPSA) is 54.6 Å². The first kappa shape index (κ1) is 10.7. The summed E-state index contributed by atoms with van der Waals surface area (Å²) >= 11 is 0. The molecule has 0 aliphatic rings. The number of aliphatic carboxylic acids is 1. The predicted molar refractivity (Wildman–Crippen MR) is 60.6 cm³/mol. The molecule has 1 atom stereocenters. The maximum Gasteiger partial charge on any atom is 0.312 e. The summed E-state index contributed by atoms with van der Waals surface area (Å²) in [4.78, 5) is 15.4. The van der Waals surface area contributed by atoms with Crippen molar-refractivity contribution in [2.24, 2.45) is 0 Å². The highest BCUT2D eigenvalue weighted by Gasteiger charge is 2.20. The number of aromatic nitrogens is 2. The van der Waals surface area contributed by atoms with Crippen LogP contribution in [0.5, 0.6) is 0 Å². The fourth-order valence-corrected chi connectivity index (χ4v) is 1.81. The zero-order valence-electron chi connectivity index (χ0n) is 9.34. The molecule has 2 aromatic rings. The van der Waals surface area contributed by atoms with Crippen molar-refractivity contribution in [3.05, 3.63) is 35.9 Å². The number of hydrogen-bond donors (Lipinski definition) is 1. The van der Waals surface area contributed by atoms with Crippen molar-refractivity contribution in [2.75, 3.05) is 0 Å². The van der Waals surface area contributed by atoms with E-state index in [1.165, 1.54) is 0 Å². The van der Waals surface area contributed by atoms with Gasteiger partial charge in [-0.1, -0.05) is 13.0 Å². The van der Waals surface area contributed by atoms with Crippen LogP contribution in [0.25, 0.3) is 5.52 Å². The maximum absolute atomic E-state index is 11.0. The minimum Gasteiger partial charge on any atom is -0.481 e. The summed E-state index contributed by atoms with van der Waals surface area (Å²) in [5.74, 6) is -0.511. The highest BCUT2D eigenvalue weighted by molar-refractivity contribution is 5.78. The zero-order valence-corrected chi connectivity index (χ0v) is 9.34. The number of imidazole rings is 1. The Bertz CT molecular complexity index is 531. The summed E-state index contributed by atoms with van der Waals surface area (Å²) in [5.41, 5.74) is 1.53. The average molecular weight is 218 g/mol. The first-order valence-electron chi connectivity index (χ1n) is 5.33. The molecule has 0 fully saturated rings. The van der Waals surface area contributed by atoms with Gasteiger partial charge in [-0.25, -0.2) is 4.98 Å². The predicted octanol–water partition coefficient (Wildman–Crippen LogP) is 2.08. The Morgan fingerprint density at radius 3 is 2.94 bits per heavy atom. The van der Waals surface area contributed by atoms with Crippen LogP contribution in [0.2, 0.25) is 0 Å². The van der Waals surface area contributed by atoms with E-state index in [0.29, 0.717) is 5.69 Å². The largest absolute Gasteiger partial charge is 0.481 e. The standard InChI is InChI=1S/C12H14N2O2/c1-3-10-13-11(8(2)12(15)16)9-6-4-5-7-14(9)10/h4-8H,3H2,1-2H3,(H,15,16). The molecule has 4 heteroatoms. The monoisotopic (exact) mass is 218 g/mol. The molecule has 0 aromatic carbocycles. The second kappa shape index (κ2) is 3.96. The Kier molecular flexibility index (Phi) is 2.64. The molecule has 16 heavy (non-hydrogen) atoms. The second-order valence-corrected chi connectivity index (χ2v) is 3.78. The molecule has 2 heterocycles. The molecule has 84 valence electrons. The smallest absolute Gasteiger partial charge is 0.312 e. The quantitative estimate of drug-likeness (QED) is 0.858. The number of carbonyl (C=O) groups is 1. The van der Waals surface area contributed by atoms with Crippen LogP contribution in [-0.2, 0) is 11.2 Å². The van der Waals surface area contributed by atoms with Crippen LogP contribution < -0.4 is 0 Å². The van der Waals surface area contributed by atoms with Gasteiger partial charge < -0.3 is 9.51 Å². The van der Waals surface area contributed by atoms with Gasteiger partial charge in [-0.05, 0) is 19.1 Å². The van der Waals surface area contributed by atoms with Crippen molar-refractivity contribution in [3.8, 4) is 0 Å². The SMILES string of the molecule is CCc1nc(C(C)C(=O)O)c2ccccn12. The maximum atomic E-state index is 11.0. The molecule has 0 spiro atoms. The second-order valence-electron chi connectivity index (χ2n) is 3.78. The summed E-state index contributed by atoms with van der Waals surface area (Å²) in [7, 11) is 0. The van der Waals surface area contributed by atoms with E-state index < -0.39 is 11.9 Å². The van der Waals surface area contributed by atoms with Crippen LogP contribution >= 0.6 is 0 Å². The van der Waals surface area contributed by atoms with E-state index in [9.17, 15) is 4.79 Å². The normalized spacial score (nSPS) is 12.9. The number of carboxylic acids is 1. The summed E-state index contributed by atoms with van der Waals surface area (Å²) < 4.78 is 1.95. The highest BCUT2D eigenvalue weighted by Crippen LogP contribution is 2.21. The van der Waals surface area contributed by atoms with Crippen molar-refractivity contribution in [3.63, 3.8) is 0 Å². The number of rotatable bonds is 3. The van der Waals surface area contributed by atoms with E-state index in [1.807, 2.05) is 35.7 Å². The first-order valence-corrected chi connectivity index (χ1v) is 5.33. The molecule has 2 aromatic heterocycles. The number of aryl methyl sites for hydroxylation is 1. The molecular formula is C12H14N2O2. The summed E-state index contributed by atoms with van der Waals surface area (Å²) in [6.07, 6.45) is 2.71. The minimum absolute atomic E-state index is 0.572. The lowest BCUT2D eigenvalue weighted by atomic mass is 10.1. The van der Waals surface area contributed by atoms with Crippen LogP contribution in [0.15, 0.2) is 24.4 Å². The van der Waals surface area contributed by atoms with Gasteiger partial charge >= 0.3 is 5.97 Å². The Morgan fingerprint density at radius 2 is 2.31 bits per heavy atom. The Labute approximate surface area is 93.5 Å². The van der Waals surface area contributed by atoms with Crippen molar-refractivity contribution >= 4 is 11.5 Å². The zero-order chi connectivity index (χ0) is 11.7. The molecule has 0 aliphatic heterocycles. The van der Waals surface area contributed by atoms with Crippen LogP contribution in [0, 0.1) is 0 Å². The van der Waals surface area contributed by atoms with Gasteiger partial charge in [-0.15, -0.1) is 0 Å². The number of fused-ring (bicyclic) bond motifs is 1. The third kappa shape index (κ3) is 1.56. The molecular weight excluding hydrogens is 204 g/mol. The Morgan fingerprint density at radius 1 is 1.56 bits per heavy atom. The van der Waals surface area contributed by atoms with E-state index in [0.717, 1.165) is 17.8 Å². The molecule has 0 saturated heterocycles. The third-order valence-electron chi connectivity index (χ3n) is 2.75. The van der Waals surface area contributed by atoms with E-state index in [1.54, 1.807) is 6.92 Å². The Hall–Kier alpha value is -1.84. The molecule has 0 aliphatic carbocycles. The van der Waals surface area contributed by atoms with E-state index in [4.69, 9.17) is 5.11 Å². The van der Waals surface area contributed by atoms with Gasteiger partial charge in [0.1, 0.15) is 5.82 Å². The van der Waals surface area contributed by atoms with Gasteiger partial charge in [0.2, 0.25) is 0 Å². The molecule has 1 unspecified atom stereocenters. The number of hydrogen-bond acceptors (Lipinski definition) is 2. The lowest BCUT2D eigenvalue weighted by Gasteiger charge is -2.02. The van der Waals surface area contributed by atoms with Gasteiger partial charge in [0.05, 0.1) is 17.1 Å². The fourth-order valence-electron chi connectivity index (χ4n) is 1.81. The summed E-state index contributed by atoms with van der Waals surface area (Å²) in [6.45, 7) is 3.67. The van der Waals surface area contributed by atoms with Crippen LogP contribution in [-0.4, -0.2) is 20.5 Å². The molecule has 0 radical (unpaired) electrons. The molecule has 1 N–H and O–H groups in total. The highest BCUT2D eigenvalue weighted by atomic mass is 16.4. The average Bonchev–Trinajstić information content (AvgIpc) is 2.66.